The number of unbranched alkanes of at least 4 members (excludes halogenated alkanes) is 23. The molecule has 0 amide bonds. The van der Waals surface area contributed by atoms with Gasteiger partial charge in [-0.15, -0.1) is 0 Å². The van der Waals surface area contributed by atoms with Crippen molar-refractivity contribution < 1.29 is 21.6 Å². The van der Waals surface area contributed by atoms with Gasteiger partial charge in [-0.2, -0.15) is 8.42 Å². The Labute approximate surface area is 247 Å². The molecule has 0 atom stereocenters. The highest BCUT2D eigenvalue weighted by Crippen LogP contribution is 2.15. The van der Waals surface area contributed by atoms with Crippen LogP contribution in [-0.2, 0) is 23.6 Å². The highest BCUT2D eigenvalue weighted by molar-refractivity contribution is 7.82. The number of carbonyl (C=O) groups excluding carboxylic acids is 1. The SMILES string of the molecule is CCCCCCCCCCCCCCCCCC(=O)OS(=O)(=O)OCCCCCCCCCCCC.[MgH2]. The number of hydrogen-bond donors (Lipinski definition) is 0. The molecule has 37 heavy (non-hydrogen) atoms. The van der Waals surface area contributed by atoms with Gasteiger partial charge in [0.25, 0.3) is 0 Å². The molecule has 0 fully saturated rings. The van der Waals surface area contributed by atoms with Crippen LogP contribution in [0.3, 0.4) is 0 Å². The largest absolute Gasteiger partial charge is 0.451 e. The minimum atomic E-state index is -4.21. The Hall–Kier alpha value is 0.146. The van der Waals surface area contributed by atoms with Crippen LogP contribution >= 0.6 is 0 Å². The van der Waals surface area contributed by atoms with E-state index in [2.05, 4.69) is 18.0 Å². The Balaban J connectivity index is 0. The molecule has 0 N–H and O–H groups in total. The first-order valence-corrected chi connectivity index (χ1v) is 17.0. The van der Waals surface area contributed by atoms with E-state index in [9.17, 15) is 13.2 Å². The zero-order valence-electron chi connectivity index (χ0n) is 24.0. The summed E-state index contributed by atoms with van der Waals surface area (Å²) in [7, 11) is -4.21. The van der Waals surface area contributed by atoms with E-state index >= 15 is 0 Å². The maximum atomic E-state index is 11.8. The molecule has 0 aliphatic carbocycles. The third-order valence-electron chi connectivity index (χ3n) is 6.91. The molecule has 0 heterocycles. The van der Waals surface area contributed by atoms with E-state index in [4.69, 9.17) is 4.18 Å². The smallest absolute Gasteiger partial charge is 0.325 e. The van der Waals surface area contributed by atoms with Crippen molar-refractivity contribution in [1.29, 1.82) is 0 Å². The van der Waals surface area contributed by atoms with Crippen molar-refractivity contribution in [3.05, 3.63) is 0 Å². The molecule has 220 valence electrons. The Morgan fingerprint density at radius 1 is 0.486 bits per heavy atom. The van der Waals surface area contributed by atoms with Gasteiger partial charge < -0.3 is 4.18 Å². The fourth-order valence-electron chi connectivity index (χ4n) is 4.57. The molecule has 0 aromatic rings. The lowest BCUT2D eigenvalue weighted by molar-refractivity contribution is -0.134. The third kappa shape index (κ3) is 32.3. The van der Waals surface area contributed by atoms with Crippen molar-refractivity contribution in [2.45, 2.75) is 181 Å². The van der Waals surface area contributed by atoms with Gasteiger partial charge in [-0.05, 0) is 12.8 Å². The lowest BCUT2D eigenvalue weighted by atomic mass is 10.0. The summed E-state index contributed by atoms with van der Waals surface area (Å²) in [5, 5.41) is 0. The number of hydrogen-bond acceptors (Lipinski definition) is 5. The van der Waals surface area contributed by atoms with Gasteiger partial charge in [0.2, 0.25) is 0 Å². The van der Waals surface area contributed by atoms with Crippen LogP contribution in [0.25, 0.3) is 0 Å². The summed E-state index contributed by atoms with van der Waals surface area (Å²) in [4.78, 5) is 11.8. The predicted molar refractivity (Wildman–Crippen MR) is 161 cm³/mol. The number of rotatable bonds is 29. The van der Waals surface area contributed by atoms with Gasteiger partial charge in [-0.1, -0.05) is 162 Å². The lowest BCUT2D eigenvalue weighted by Crippen LogP contribution is -2.16. The highest BCUT2D eigenvalue weighted by Gasteiger charge is 2.17. The first kappa shape index (κ1) is 39.3. The summed E-state index contributed by atoms with van der Waals surface area (Å²) in [6.45, 7) is 4.58. The molecule has 0 spiro atoms. The van der Waals surface area contributed by atoms with E-state index in [1.807, 2.05) is 0 Å². The average molecular weight is 559 g/mol. The Bertz CT molecular complexity index is 568. The topological polar surface area (TPSA) is 69.7 Å². The second-order valence-corrected chi connectivity index (χ2v) is 11.8. The van der Waals surface area contributed by atoms with E-state index in [0.717, 1.165) is 25.7 Å². The molecule has 0 radical (unpaired) electrons. The molecule has 0 bridgehead atoms. The molecule has 0 aliphatic heterocycles. The molecule has 7 heteroatoms. The van der Waals surface area contributed by atoms with Gasteiger partial charge in [-0.25, -0.2) is 4.18 Å². The van der Waals surface area contributed by atoms with Crippen LogP contribution in [0.4, 0.5) is 0 Å². The Morgan fingerprint density at radius 3 is 1.14 bits per heavy atom. The van der Waals surface area contributed by atoms with Crippen LogP contribution in [0.2, 0.25) is 0 Å². The van der Waals surface area contributed by atoms with Gasteiger partial charge in [0.1, 0.15) is 0 Å². The van der Waals surface area contributed by atoms with Gasteiger partial charge >= 0.3 is 39.4 Å². The summed E-state index contributed by atoms with van der Waals surface area (Å²) in [6.07, 6.45) is 30.6. The lowest BCUT2D eigenvalue weighted by Gasteiger charge is -2.06. The molecule has 0 saturated heterocycles. The van der Waals surface area contributed by atoms with E-state index in [1.165, 1.54) is 122 Å². The standard InChI is InChI=1S/C30H60O5S.Mg.2H/c1-3-5-7-9-11-13-15-16-17-18-19-20-22-24-26-28-30(31)35-36(32,33)34-29-27-25-23-21-14-12-10-8-6-4-2;;;/h3-29H2,1-2H3;;;. The van der Waals surface area contributed by atoms with Crippen molar-refractivity contribution in [3.63, 3.8) is 0 Å². The van der Waals surface area contributed by atoms with Gasteiger partial charge in [-0.3, -0.25) is 4.79 Å². The van der Waals surface area contributed by atoms with Crippen molar-refractivity contribution in [2.75, 3.05) is 6.61 Å². The van der Waals surface area contributed by atoms with E-state index < -0.39 is 16.4 Å². The van der Waals surface area contributed by atoms with Gasteiger partial charge in [0.15, 0.2) is 0 Å². The van der Waals surface area contributed by atoms with Crippen molar-refractivity contribution in [1.82, 2.24) is 0 Å². The molecular weight excluding hydrogens is 497 g/mol. The Morgan fingerprint density at radius 2 is 0.784 bits per heavy atom. The Kier molecular flexibility index (Phi) is 32.6. The van der Waals surface area contributed by atoms with E-state index in [0.29, 0.717) is 12.8 Å². The quantitative estimate of drug-likeness (QED) is 0.0676. The first-order chi connectivity index (χ1) is 17.5. The first-order valence-electron chi connectivity index (χ1n) is 15.6. The minimum absolute atomic E-state index is 0. The van der Waals surface area contributed by atoms with Crippen LogP contribution in [0.5, 0.6) is 0 Å². The van der Waals surface area contributed by atoms with Crippen LogP contribution in [0.15, 0.2) is 0 Å². The summed E-state index contributed by atoms with van der Waals surface area (Å²) >= 11 is 0. The van der Waals surface area contributed by atoms with Crippen molar-refractivity contribution >= 4 is 39.4 Å². The maximum absolute atomic E-state index is 11.8. The van der Waals surface area contributed by atoms with Crippen LogP contribution in [0.1, 0.15) is 181 Å². The predicted octanol–water partition coefficient (Wildman–Crippen LogP) is 9.06. The molecule has 5 nitrogen and oxygen atoms in total. The molecule has 0 unspecified atom stereocenters. The molecule has 0 aromatic carbocycles. The normalized spacial score (nSPS) is 11.4. The van der Waals surface area contributed by atoms with Crippen molar-refractivity contribution in [2.24, 2.45) is 0 Å². The molecule has 0 aliphatic rings. The third-order valence-corrected chi connectivity index (χ3v) is 7.75. The zero-order chi connectivity index (χ0) is 26.6. The summed E-state index contributed by atoms with van der Waals surface area (Å²) in [5.74, 6) is -0.701. The maximum Gasteiger partial charge on any atom is 0.451 e. The minimum Gasteiger partial charge on any atom is -0.325 e. The molecule has 0 rings (SSSR count). The molecule has 0 saturated carbocycles. The molecule has 0 aromatic heterocycles. The monoisotopic (exact) mass is 558 g/mol. The second-order valence-electron chi connectivity index (χ2n) is 10.6. The van der Waals surface area contributed by atoms with Gasteiger partial charge in [0.05, 0.1) is 6.61 Å². The van der Waals surface area contributed by atoms with E-state index in [-0.39, 0.29) is 36.1 Å². The van der Waals surface area contributed by atoms with Crippen molar-refractivity contribution in [3.8, 4) is 0 Å². The highest BCUT2D eigenvalue weighted by atomic mass is 32.3. The second kappa shape index (κ2) is 30.7. The van der Waals surface area contributed by atoms with Crippen LogP contribution in [-0.4, -0.2) is 44.0 Å². The fraction of sp³-hybridized carbons (Fsp3) is 0.967. The fourth-order valence-corrected chi connectivity index (χ4v) is 5.25. The zero-order valence-corrected chi connectivity index (χ0v) is 24.9. The average Bonchev–Trinajstić information content (AvgIpc) is 2.84. The summed E-state index contributed by atoms with van der Waals surface area (Å²) in [6, 6.07) is 0. The summed E-state index contributed by atoms with van der Waals surface area (Å²) in [5.41, 5.74) is 0. The van der Waals surface area contributed by atoms with E-state index in [1.54, 1.807) is 0 Å². The number of carbonyl (C=O) groups is 1. The van der Waals surface area contributed by atoms with Gasteiger partial charge in [0, 0.05) is 6.42 Å². The van der Waals surface area contributed by atoms with Crippen LogP contribution in [0, 0.1) is 0 Å². The molecular formula is C30H62MgO5S. The summed E-state index contributed by atoms with van der Waals surface area (Å²) < 4.78 is 33.0. The van der Waals surface area contributed by atoms with Crippen LogP contribution < -0.4 is 0 Å².